The Bertz CT molecular complexity index is 3140. The fraction of sp³-hybridized carbons (Fsp3) is 0.562. The number of likely N-dealkylation sites (tertiary alicyclic amines) is 2. The van der Waals surface area contributed by atoms with Crippen molar-refractivity contribution in [1.29, 1.82) is 0 Å². The number of nitrogens with one attached hydrogen (secondary N) is 2. The molecule has 5 N–H and O–H groups in total. The largest absolute Gasteiger partial charge is 0.404 e. The molecule has 0 atom stereocenters. The van der Waals surface area contributed by atoms with Crippen molar-refractivity contribution in [2.24, 2.45) is 11.8 Å². The number of para-hydroxylation sites is 4. The number of imidazole rings is 2. The van der Waals surface area contributed by atoms with E-state index in [1.54, 1.807) is 9.13 Å². The molecule has 82 heavy (non-hydrogen) atoms. The van der Waals surface area contributed by atoms with Crippen LogP contribution in [0.15, 0.2) is 119 Å². The molecule has 2 saturated carbocycles. The van der Waals surface area contributed by atoms with Gasteiger partial charge in [0.25, 0.3) is 8.32 Å². The second-order valence-electron chi connectivity index (χ2n) is 25.6. The van der Waals surface area contributed by atoms with Gasteiger partial charge in [0.1, 0.15) is 0 Å². The number of β-amino-alcohol motifs (C(OH)–C–C–N with tert-alkyl or cyclic N) is 2. The molecule has 0 spiro atoms. The number of benzene rings is 4. The summed E-state index contributed by atoms with van der Waals surface area (Å²) in [6, 6.07) is 35.7. The zero-order valence-corrected chi connectivity index (χ0v) is 51.3. The second-order valence-corrected chi connectivity index (χ2v) is 29.9. The highest BCUT2D eigenvalue weighted by Crippen LogP contribution is 2.41. The summed E-state index contributed by atoms with van der Waals surface area (Å²) in [7, 11) is -2.63. The van der Waals surface area contributed by atoms with Gasteiger partial charge >= 0.3 is 23.4 Å². The molecule has 0 radical (unpaired) electrons. The van der Waals surface area contributed by atoms with Crippen LogP contribution in [0.4, 0.5) is 9.59 Å². The third-order valence-electron chi connectivity index (χ3n) is 18.0. The number of aliphatic hydroxyl groups is 3. The number of fused-ring (bicyclic) bond motifs is 2. The summed E-state index contributed by atoms with van der Waals surface area (Å²) < 4.78 is 13.2. The molecule has 4 heterocycles. The second kappa shape index (κ2) is 26.7. The predicted octanol–water partition coefficient (Wildman–Crippen LogP) is 8.65. The topological polar surface area (TPSA) is 188 Å². The lowest BCUT2D eigenvalue weighted by Crippen LogP contribution is -2.68. The van der Waals surface area contributed by atoms with Crippen LogP contribution in [0.25, 0.3) is 22.1 Å². The molecule has 16 nitrogen and oxygen atoms in total. The highest BCUT2D eigenvalue weighted by Gasteiger charge is 2.52. The molecule has 2 amide bonds. The van der Waals surface area contributed by atoms with Crippen LogP contribution in [-0.2, 0) is 4.43 Å². The number of piperidine rings is 2. The van der Waals surface area contributed by atoms with E-state index in [4.69, 9.17) is 4.43 Å². The number of carbonyl (C=O) groups is 2. The predicted molar refractivity (Wildman–Crippen MR) is 332 cm³/mol. The quantitative estimate of drug-likeness (QED) is 0.0661. The van der Waals surface area contributed by atoms with Gasteiger partial charge in [-0.2, -0.15) is 0 Å². The van der Waals surface area contributed by atoms with Gasteiger partial charge in [0, 0.05) is 44.4 Å². The Balaban J connectivity index is 0.000000231. The van der Waals surface area contributed by atoms with E-state index in [0.717, 1.165) is 88.6 Å². The number of carbonyl (C=O) groups excluding carboxylic acids is 2. The number of nitrogens with zero attached hydrogens (tertiary/aromatic N) is 6. The van der Waals surface area contributed by atoms with E-state index in [2.05, 4.69) is 102 Å². The first kappa shape index (κ1) is 62.7. The SMILES string of the molecule is CC(C)n1c(=O)n(C(=O)NCC2CCN(CC3(O)CCC(O)CC3)CC2)c2ccccc21.CC(C)n1c(=O)n(C(=O)NCC2CCN(CC3(O)CCC(O[Si](c4ccccc4)(c4ccccc4)C(C)(C)C)CC3)CC2)c2ccccc21.Cl. The van der Waals surface area contributed by atoms with Crippen LogP contribution in [0.3, 0.4) is 0 Å². The van der Waals surface area contributed by atoms with Crippen LogP contribution in [0.2, 0.25) is 5.04 Å². The number of amides is 2. The summed E-state index contributed by atoms with van der Waals surface area (Å²) in [5, 5.41) is 40.8. The Labute approximate surface area is 491 Å². The molecule has 0 bridgehead atoms. The fourth-order valence-corrected chi connectivity index (χ4v) is 18.3. The van der Waals surface area contributed by atoms with Gasteiger partial charge in [0.05, 0.1) is 39.4 Å². The van der Waals surface area contributed by atoms with E-state index >= 15 is 0 Å². The minimum Gasteiger partial charge on any atom is -0.404 e. The third-order valence-corrected chi connectivity index (χ3v) is 23.1. The monoisotopic (exact) mass is 1160 g/mol. The van der Waals surface area contributed by atoms with Gasteiger partial charge in [-0.1, -0.05) is 106 Å². The molecule has 6 aromatic rings. The molecule has 4 fully saturated rings. The number of aliphatic hydroxyl groups excluding tert-OH is 1. The standard InChI is InChI=1S/C40H54N4O4Si.C24H36N4O4.ClH/c1-30(2)43-35-18-12-13-19-36(35)44(38(43)46)37(45)41-28-31-22-26-42(27-23-31)29-40(47)24-20-32(21-25-40)48-49(39(3,4)5,33-14-8-6-9-15-33)34-16-10-7-11-17-34;1-17(2)27-20-5-3-4-6-21(20)28(23(27)31)22(30)25-15-18-9-13-26(14-10-18)16-24(32)11-7-19(29)8-12-24;/h6-19,30-32,47H,20-29H2,1-5H3,(H,41,45);3-6,17-19,29,32H,7-16H2,1-2H3,(H,25,30);1H. The normalized spacial score (nSPS) is 22.7. The van der Waals surface area contributed by atoms with Crippen molar-refractivity contribution in [2.75, 3.05) is 52.4 Å². The smallest absolute Gasteiger partial charge is 0.337 e. The molecule has 10 rings (SSSR count). The Morgan fingerprint density at radius 3 is 1.26 bits per heavy atom. The average Bonchev–Trinajstić information content (AvgIpc) is 4.04. The van der Waals surface area contributed by atoms with Gasteiger partial charge in [0.15, 0.2) is 0 Å². The number of aromatic nitrogens is 4. The minimum atomic E-state index is -2.63. The lowest BCUT2D eigenvalue weighted by atomic mass is 9.82. The fourth-order valence-electron chi connectivity index (χ4n) is 13.5. The minimum absolute atomic E-state index is 0. The van der Waals surface area contributed by atoms with Crippen molar-refractivity contribution in [1.82, 2.24) is 38.7 Å². The first-order valence-electron chi connectivity index (χ1n) is 30.1. The third kappa shape index (κ3) is 13.9. The molecular formula is C64H91ClN8O8Si. The van der Waals surface area contributed by atoms with Gasteiger partial charge < -0.3 is 40.2 Å². The zero-order chi connectivity index (χ0) is 57.7. The first-order chi connectivity index (χ1) is 38.7. The maximum Gasteiger partial charge on any atom is 0.337 e. The van der Waals surface area contributed by atoms with E-state index < -0.39 is 19.5 Å². The van der Waals surface area contributed by atoms with E-state index in [0.29, 0.717) is 74.7 Å². The summed E-state index contributed by atoms with van der Waals surface area (Å²) in [5.41, 5.74) is 0.779. The Hall–Kier alpha value is -5.37. The van der Waals surface area contributed by atoms with Gasteiger partial charge in [-0.15, -0.1) is 12.4 Å². The van der Waals surface area contributed by atoms with Crippen molar-refractivity contribution in [3.05, 3.63) is 130 Å². The van der Waals surface area contributed by atoms with Crippen LogP contribution in [0.1, 0.15) is 138 Å². The average molecular weight is 1160 g/mol. The summed E-state index contributed by atoms with van der Waals surface area (Å²) in [4.78, 5) is 57.0. The molecule has 2 saturated heterocycles. The molecule has 18 heteroatoms. The van der Waals surface area contributed by atoms with Crippen molar-refractivity contribution < 1.29 is 29.3 Å². The maximum absolute atomic E-state index is 13.2. The molecule has 446 valence electrons. The number of halogens is 1. The molecule has 0 unspecified atom stereocenters. The van der Waals surface area contributed by atoms with Crippen LogP contribution < -0.4 is 32.4 Å². The van der Waals surface area contributed by atoms with Gasteiger partial charge in [-0.3, -0.25) is 9.13 Å². The van der Waals surface area contributed by atoms with Crippen LogP contribution >= 0.6 is 12.4 Å². The van der Waals surface area contributed by atoms with Gasteiger partial charge in [0.2, 0.25) is 0 Å². The summed E-state index contributed by atoms with van der Waals surface area (Å²) in [5.74, 6) is 0.687. The molecule has 4 aliphatic rings. The van der Waals surface area contributed by atoms with Crippen LogP contribution in [0.5, 0.6) is 0 Å². The van der Waals surface area contributed by atoms with E-state index in [9.17, 15) is 34.5 Å². The van der Waals surface area contributed by atoms with Crippen molar-refractivity contribution >= 4 is 65.2 Å². The van der Waals surface area contributed by atoms with Crippen molar-refractivity contribution in [3.8, 4) is 0 Å². The molecular weight excluding hydrogens is 1070 g/mol. The highest BCUT2D eigenvalue weighted by molar-refractivity contribution is 6.99. The Kier molecular flexibility index (Phi) is 20.4. The number of hydrogen-bond donors (Lipinski definition) is 5. The molecule has 4 aromatic carbocycles. The lowest BCUT2D eigenvalue weighted by molar-refractivity contribution is -0.0572. The molecule has 2 aliphatic carbocycles. The van der Waals surface area contributed by atoms with E-state index in [-0.39, 0.29) is 65.2 Å². The van der Waals surface area contributed by atoms with E-state index in [1.807, 2.05) is 76.2 Å². The molecule has 2 aliphatic heterocycles. The number of hydrogen-bond acceptors (Lipinski definition) is 10. The van der Waals surface area contributed by atoms with Gasteiger partial charge in [-0.05, 0) is 182 Å². The molecule has 2 aromatic heterocycles. The Morgan fingerprint density at radius 1 is 0.561 bits per heavy atom. The summed E-state index contributed by atoms with van der Waals surface area (Å²) in [6.07, 6.45) is 9.40. The van der Waals surface area contributed by atoms with Gasteiger partial charge in [-0.25, -0.2) is 28.3 Å². The maximum atomic E-state index is 13.2. The van der Waals surface area contributed by atoms with Crippen LogP contribution in [-0.4, -0.2) is 140 Å². The summed E-state index contributed by atoms with van der Waals surface area (Å²) in [6.45, 7) is 20.7. The van der Waals surface area contributed by atoms with E-state index in [1.165, 1.54) is 19.5 Å². The lowest BCUT2D eigenvalue weighted by Gasteiger charge is -2.48. The first-order valence-corrected chi connectivity index (χ1v) is 32.0. The highest BCUT2D eigenvalue weighted by atomic mass is 35.5. The van der Waals surface area contributed by atoms with Crippen molar-refractivity contribution in [2.45, 2.75) is 166 Å². The Morgan fingerprint density at radius 2 is 0.902 bits per heavy atom. The number of rotatable bonds is 14. The van der Waals surface area contributed by atoms with Crippen molar-refractivity contribution in [3.63, 3.8) is 0 Å². The van der Waals surface area contributed by atoms with Crippen LogP contribution in [0, 0.1) is 11.8 Å². The summed E-state index contributed by atoms with van der Waals surface area (Å²) >= 11 is 0. The zero-order valence-electron chi connectivity index (χ0n) is 49.5.